The number of hydrogen-bond donors (Lipinski definition) is 1. The van der Waals surface area contributed by atoms with Crippen LogP contribution in [-0.2, 0) is 37.1 Å². The highest BCUT2D eigenvalue weighted by molar-refractivity contribution is 7.91. The number of hydrogen-bond acceptors (Lipinski definition) is 8. The van der Waals surface area contributed by atoms with Crippen molar-refractivity contribution in [2.24, 2.45) is 5.92 Å². The third kappa shape index (κ3) is 5.04. The molecule has 1 fully saturated rings. The van der Waals surface area contributed by atoms with E-state index >= 15 is 0 Å². The number of nitrogens with one attached hydrogen (secondary N) is 1. The Balaban J connectivity index is 1.55. The van der Waals surface area contributed by atoms with Crippen LogP contribution in [-0.4, -0.2) is 78.2 Å². The normalized spacial score (nSPS) is 23.8. The number of amides is 1. The van der Waals surface area contributed by atoms with E-state index in [1.165, 1.54) is 7.11 Å². The third-order valence-corrected chi connectivity index (χ3v) is 6.95. The fraction of sp³-hybridized carbons (Fsp3) is 0.750. The molecule has 1 aromatic rings. The SMILES string of the molecule is COC(=O)CN(C)C1CCc2nc(NC(=O)CC3CCS(=O)(=O)C3)nn2C1. The van der Waals surface area contributed by atoms with E-state index in [9.17, 15) is 18.0 Å². The number of anilines is 1. The quantitative estimate of drug-likeness (QED) is 0.633. The molecule has 1 N–H and O–H groups in total. The Morgan fingerprint density at radius 3 is 2.81 bits per heavy atom. The monoisotopic (exact) mass is 399 g/mol. The van der Waals surface area contributed by atoms with E-state index in [0.717, 1.165) is 12.2 Å². The molecule has 3 heterocycles. The number of esters is 1. The number of methoxy groups -OCH3 is 1. The lowest BCUT2D eigenvalue weighted by Crippen LogP contribution is -2.42. The number of carbonyl (C=O) groups is 2. The molecular weight excluding hydrogens is 374 g/mol. The molecule has 0 aliphatic carbocycles. The molecule has 0 spiro atoms. The fourth-order valence-corrected chi connectivity index (χ4v) is 5.43. The van der Waals surface area contributed by atoms with Gasteiger partial charge in [-0.15, -0.1) is 5.10 Å². The van der Waals surface area contributed by atoms with E-state index < -0.39 is 9.84 Å². The van der Waals surface area contributed by atoms with Crippen molar-refractivity contribution in [1.82, 2.24) is 19.7 Å². The second-order valence-corrected chi connectivity index (χ2v) is 9.47. The summed E-state index contributed by atoms with van der Waals surface area (Å²) in [7, 11) is 0.232. The van der Waals surface area contributed by atoms with Crippen LogP contribution in [0.25, 0.3) is 0 Å². The van der Waals surface area contributed by atoms with Gasteiger partial charge >= 0.3 is 5.97 Å². The van der Waals surface area contributed by atoms with Crippen molar-refractivity contribution in [2.45, 2.75) is 38.3 Å². The van der Waals surface area contributed by atoms with Crippen molar-refractivity contribution >= 4 is 27.7 Å². The second kappa shape index (κ2) is 7.93. The van der Waals surface area contributed by atoms with Crippen molar-refractivity contribution in [3.05, 3.63) is 5.82 Å². The van der Waals surface area contributed by atoms with Crippen molar-refractivity contribution in [3.8, 4) is 0 Å². The number of nitrogens with zero attached hydrogens (tertiary/aromatic N) is 4. The molecular formula is C16H25N5O5S. The third-order valence-electron chi connectivity index (χ3n) is 5.11. The minimum Gasteiger partial charge on any atom is -0.468 e. The van der Waals surface area contributed by atoms with E-state index in [4.69, 9.17) is 4.74 Å². The first-order valence-corrected chi connectivity index (χ1v) is 10.8. The summed E-state index contributed by atoms with van der Waals surface area (Å²) in [5, 5.41) is 7.01. The van der Waals surface area contributed by atoms with Gasteiger partial charge in [0.2, 0.25) is 11.9 Å². The molecule has 10 nitrogen and oxygen atoms in total. The summed E-state index contributed by atoms with van der Waals surface area (Å²) in [5.41, 5.74) is 0. The van der Waals surface area contributed by atoms with Crippen LogP contribution in [0.15, 0.2) is 0 Å². The molecule has 150 valence electrons. The highest BCUT2D eigenvalue weighted by Gasteiger charge is 2.30. The molecule has 11 heteroatoms. The molecule has 1 aromatic heterocycles. The molecule has 1 amide bonds. The minimum atomic E-state index is -2.99. The van der Waals surface area contributed by atoms with Crippen LogP contribution < -0.4 is 5.32 Å². The van der Waals surface area contributed by atoms with Crippen molar-refractivity contribution < 1.29 is 22.7 Å². The Hall–Kier alpha value is -2.01. The molecule has 27 heavy (non-hydrogen) atoms. The average Bonchev–Trinajstić information content (AvgIpc) is 3.15. The molecule has 1 saturated heterocycles. The number of likely N-dealkylation sites (N-methyl/N-ethyl adjacent to an activating group) is 1. The molecule has 2 aliphatic heterocycles. The summed E-state index contributed by atoms with van der Waals surface area (Å²) in [6, 6.07) is 0.130. The summed E-state index contributed by atoms with van der Waals surface area (Å²) >= 11 is 0. The number of fused-ring (bicyclic) bond motifs is 1. The van der Waals surface area contributed by atoms with Gasteiger partial charge in [-0.1, -0.05) is 0 Å². The van der Waals surface area contributed by atoms with E-state index in [1.807, 2.05) is 11.9 Å². The van der Waals surface area contributed by atoms with Crippen LogP contribution in [0, 0.1) is 5.92 Å². The molecule has 3 rings (SSSR count). The first-order chi connectivity index (χ1) is 12.8. The first-order valence-electron chi connectivity index (χ1n) is 8.97. The van der Waals surface area contributed by atoms with E-state index in [1.54, 1.807) is 4.68 Å². The smallest absolute Gasteiger partial charge is 0.319 e. The zero-order valence-corrected chi connectivity index (χ0v) is 16.4. The van der Waals surface area contributed by atoms with Gasteiger partial charge in [-0.05, 0) is 25.8 Å². The Bertz CT molecular complexity index is 821. The standard InChI is InChI=1S/C16H25N5O5S/c1-20(9-15(23)26-2)12-3-4-13-17-16(19-21(13)8-12)18-14(22)7-11-5-6-27(24,25)10-11/h11-12H,3-10H2,1-2H3,(H,18,19,22). The van der Waals surface area contributed by atoms with Crippen molar-refractivity contribution in [3.63, 3.8) is 0 Å². The fourth-order valence-electron chi connectivity index (χ4n) is 3.57. The zero-order chi connectivity index (χ0) is 19.6. The van der Waals surface area contributed by atoms with Crippen LogP contribution >= 0.6 is 0 Å². The number of aromatic nitrogens is 3. The first kappa shape index (κ1) is 19.7. The van der Waals surface area contributed by atoms with Crippen LogP contribution in [0.1, 0.15) is 25.1 Å². The number of rotatable bonds is 6. The number of carbonyl (C=O) groups excluding carboxylic acids is 2. The Morgan fingerprint density at radius 2 is 2.15 bits per heavy atom. The van der Waals surface area contributed by atoms with E-state index in [0.29, 0.717) is 19.4 Å². The van der Waals surface area contributed by atoms with Gasteiger partial charge in [-0.3, -0.25) is 19.8 Å². The lowest BCUT2D eigenvalue weighted by atomic mass is 10.1. The van der Waals surface area contributed by atoms with Crippen molar-refractivity contribution in [2.75, 3.05) is 37.5 Å². The average molecular weight is 399 g/mol. The highest BCUT2D eigenvalue weighted by atomic mass is 32.2. The largest absolute Gasteiger partial charge is 0.468 e. The summed E-state index contributed by atoms with van der Waals surface area (Å²) in [6.07, 6.45) is 2.21. The Kier molecular flexibility index (Phi) is 5.80. The zero-order valence-electron chi connectivity index (χ0n) is 15.5. The predicted octanol–water partition coefficient (Wildman–Crippen LogP) is -0.539. The number of sulfone groups is 1. The van der Waals surface area contributed by atoms with Crippen LogP contribution in [0.4, 0.5) is 5.95 Å². The molecule has 0 aromatic carbocycles. The summed E-state index contributed by atoms with van der Waals surface area (Å²) in [4.78, 5) is 29.9. The summed E-state index contributed by atoms with van der Waals surface area (Å²) in [6.45, 7) is 0.783. The lowest BCUT2D eigenvalue weighted by Gasteiger charge is -2.30. The van der Waals surface area contributed by atoms with Crippen molar-refractivity contribution in [1.29, 1.82) is 0 Å². The van der Waals surface area contributed by atoms with E-state index in [2.05, 4.69) is 15.4 Å². The van der Waals surface area contributed by atoms with Gasteiger partial charge < -0.3 is 4.74 Å². The second-order valence-electron chi connectivity index (χ2n) is 7.24. The maximum atomic E-state index is 12.2. The molecule has 2 aliphatic rings. The van der Waals surface area contributed by atoms with E-state index in [-0.39, 0.29) is 54.3 Å². The van der Waals surface area contributed by atoms with Crippen LogP contribution in [0.2, 0.25) is 0 Å². The van der Waals surface area contributed by atoms with Gasteiger partial charge in [0.25, 0.3) is 0 Å². The van der Waals surface area contributed by atoms with Gasteiger partial charge in [0.15, 0.2) is 9.84 Å². The van der Waals surface area contributed by atoms with Gasteiger partial charge in [0, 0.05) is 18.9 Å². The Labute approximate surface area is 158 Å². The van der Waals surface area contributed by atoms with Crippen LogP contribution in [0.3, 0.4) is 0 Å². The van der Waals surface area contributed by atoms with Gasteiger partial charge in [-0.25, -0.2) is 13.1 Å². The lowest BCUT2D eigenvalue weighted by molar-refractivity contribution is -0.142. The Morgan fingerprint density at radius 1 is 1.37 bits per heavy atom. The van der Waals surface area contributed by atoms with Gasteiger partial charge in [0.1, 0.15) is 5.82 Å². The predicted molar refractivity (Wildman–Crippen MR) is 96.8 cm³/mol. The van der Waals surface area contributed by atoms with Gasteiger partial charge in [0.05, 0.1) is 31.7 Å². The van der Waals surface area contributed by atoms with Crippen LogP contribution in [0.5, 0.6) is 0 Å². The maximum Gasteiger partial charge on any atom is 0.319 e. The number of aryl methyl sites for hydroxylation is 1. The summed E-state index contributed by atoms with van der Waals surface area (Å²) < 4.78 is 29.4. The molecule has 0 radical (unpaired) electrons. The minimum absolute atomic E-state index is 0.0712. The molecule has 0 bridgehead atoms. The number of ether oxygens (including phenoxy) is 1. The van der Waals surface area contributed by atoms with Gasteiger partial charge in [-0.2, -0.15) is 4.98 Å². The maximum absolute atomic E-state index is 12.2. The molecule has 2 unspecified atom stereocenters. The summed E-state index contributed by atoms with van der Waals surface area (Å²) in [5.74, 6) is 0.569. The topological polar surface area (TPSA) is 123 Å². The molecule has 2 atom stereocenters. The highest BCUT2D eigenvalue weighted by Crippen LogP contribution is 2.22. The molecule has 0 saturated carbocycles.